The number of nitro benzene ring substituents is 2. The Labute approximate surface area is 831 Å². The summed E-state index contributed by atoms with van der Waals surface area (Å²) in [6, 6.07) is 18.2. The Kier molecular flexibility index (Phi) is 57.7. The van der Waals surface area contributed by atoms with Crippen molar-refractivity contribution in [2.75, 3.05) is 41.5 Å². The van der Waals surface area contributed by atoms with Gasteiger partial charge in [-0.1, -0.05) is 78.1 Å². The number of nitrogens with one attached hydrogen (secondary N) is 7. The molecule has 116 heavy (non-hydrogen) atoms. The Bertz CT molecular complexity index is 4880. The molecule has 8 rings (SSSR count). The second-order valence-electron chi connectivity index (χ2n) is 19.8. The number of halogens is 12. The summed E-state index contributed by atoms with van der Waals surface area (Å²) >= 11 is 0. The van der Waals surface area contributed by atoms with Gasteiger partial charge in [-0.25, -0.2) is 48.0 Å². The molecule has 53 heteroatoms. The second kappa shape index (κ2) is 55.3. The van der Waals surface area contributed by atoms with E-state index in [-0.39, 0.29) is 316 Å². The van der Waals surface area contributed by atoms with E-state index in [1.165, 1.54) is 61.9 Å². The minimum absolute atomic E-state index is 0. The molecule has 3 amide bonds. The van der Waals surface area contributed by atoms with Crippen LogP contribution in [0.2, 0.25) is 0 Å². The van der Waals surface area contributed by atoms with E-state index in [0.29, 0.717) is 32.0 Å². The zero-order valence-corrected chi connectivity index (χ0v) is 80.7. The predicted molar refractivity (Wildman–Crippen MR) is 363 cm³/mol. The molecule has 0 aliphatic carbocycles. The van der Waals surface area contributed by atoms with Crippen LogP contribution >= 0.6 is 0 Å². The second-order valence-corrected chi connectivity index (χ2v) is 19.8. The van der Waals surface area contributed by atoms with Gasteiger partial charge in [-0.2, -0.15) is 101 Å². The molecule has 0 aliphatic rings. The third kappa shape index (κ3) is 35.2. The fourth-order valence-electron chi connectivity index (χ4n) is 8.06. The van der Waals surface area contributed by atoms with Gasteiger partial charge in [-0.15, -0.1) is 34.4 Å². The standard InChI is InChI=1S/2C15H12F3N4O6.C15H13F3N3O4.C12H9F3N3O2.2C2H6.CHO3.CH3.2K.4Y/c2*1-3-28-14(25)20-11-7(2)4-5-8(12(11)22(26)27)21-10(23)6-9(15(16,17)18)19-13(21)24;1-3-25-14(24)19-10-6-9(5-4-8(10)2)21-12(22)7-11(15(16,17)18)20-13(21)23;1-6-2-3-7(4-8(6)16)18-10(19)5-9(12(13,14)15)17-11(18)20;2*1-2;2-1-4-3;;;;;;;/h2*4,6H,3H2,1-2H3,(H,19,24)(H,20,25);4,6-7H,3H2,1-2H3,(H,19,24)(H,20,23);2,4-5H,16H2,1H3,(H,17,20);2*1-2H3;3H;1H3;;;;;;/q4*-1;;;2*-1;2*+1;;;;. The number of aromatic amines is 4. The average Bonchev–Trinajstić information content (AvgIpc) is 0.759. The summed E-state index contributed by atoms with van der Waals surface area (Å²) in [6.07, 6.45) is -22.5. The van der Waals surface area contributed by atoms with Crippen molar-refractivity contribution in [1.82, 2.24) is 38.2 Å². The number of hydrogen-bond donors (Lipinski definition) is 9. The Morgan fingerprint density at radius 1 is 0.474 bits per heavy atom. The quantitative estimate of drug-likeness (QED) is 0.0116. The maximum absolute atomic E-state index is 12.7. The molecule has 10 N–H and O–H groups in total. The van der Waals surface area contributed by atoms with E-state index >= 15 is 0 Å². The molecule has 4 aromatic carbocycles. The number of nitrogens with zero attached hydrogens (tertiary/aromatic N) is 6. The van der Waals surface area contributed by atoms with Crippen LogP contribution in [-0.2, 0) is 179 Å². The van der Waals surface area contributed by atoms with Crippen molar-refractivity contribution >= 4 is 58.9 Å². The van der Waals surface area contributed by atoms with Crippen molar-refractivity contribution in [3.63, 3.8) is 0 Å². The third-order valence-electron chi connectivity index (χ3n) is 12.7. The average molecular weight is 2010 g/mol. The summed E-state index contributed by atoms with van der Waals surface area (Å²) in [5.74, 6) is 0. The van der Waals surface area contributed by atoms with Crippen LogP contribution in [0.25, 0.3) is 22.7 Å². The molecule has 0 bridgehead atoms. The number of ether oxygens (including phenoxy) is 3. The Balaban J connectivity index is -0.000000332. The fourth-order valence-corrected chi connectivity index (χ4v) is 8.06. The molecule has 0 aliphatic heterocycles. The van der Waals surface area contributed by atoms with Crippen molar-refractivity contribution in [3.8, 4) is 22.7 Å². The normalized spacial score (nSPS) is 10.1. The van der Waals surface area contributed by atoms with Gasteiger partial charge in [-0.05, 0) is 27.2 Å². The Hall–Kier alpha value is -5.71. The van der Waals surface area contributed by atoms with Gasteiger partial charge in [0.1, 0.15) is 22.8 Å². The van der Waals surface area contributed by atoms with Gasteiger partial charge in [0.2, 0.25) is 11.4 Å². The topological polar surface area (TPSA) is 493 Å². The summed E-state index contributed by atoms with van der Waals surface area (Å²) in [5.41, 5.74) is -13.5. The van der Waals surface area contributed by atoms with Gasteiger partial charge in [0.25, 0.3) is 22.2 Å². The summed E-state index contributed by atoms with van der Waals surface area (Å²) in [6.45, 7) is 19.4. The Morgan fingerprint density at radius 3 is 0.966 bits per heavy atom. The van der Waals surface area contributed by atoms with E-state index < -0.39 is 155 Å². The number of anilines is 4. The van der Waals surface area contributed by atoms with Crippen LogP contribution in [0.5, 0.6) is 0 Å². The number of aromatic nitrogens is 8. The number of nitrogens with two attached hydrogens (primary N) is 1. The fraction of sp³-hybridized carbons (Fsp3) is 0.286. The molecule has 0 saturated carbocycles. The molecule has 4 radical (unpaired) electrons. The zero-order valence-electron chi connectivity index (χ0n) is 63.1. The number of carbonyl (C=O) groups is 3. The number of benzene rings is 4. The molecule has 4 heterocycles. The van der Waals surface area contributed by atoms with Gasteiger partial charge in [-0.3, -0.25) is 48.5 Å². The first-order valence-electron chi connectivity index (χ1n) is 30.1. The molecule has 8 aromatic rings. The van der Waals surface area contributed by atoms with Crippen LogP contribution in [0.1, 0.15) is 93.5 Å². The first-order valence-corrected chi connectivity index (χ1v) is 30.1. The van der Waals surface area contributed by atoms with E-state index in [1.807, 2.05) is 27.7 Å². The number of H-pyrrole nitrogens is 4. The molecular weight excluding hydrogens is 1950 g/mol. The minimum Gasteiger partial charge on any atom is -0.509 e. The van der Waals surface area contributed by atoms with Gasteiger partial charge in [0.15, 0.2) is 0 Å². The molecule has 35 nitrogen and oxygen atoms in total. The minimum atomic E-state index is -5.00. The molecule has 0 atom stereocenters. The molecule has 612 valence electrons. The van der Waals surface area contributed by atoms with E-state index in [9.17, 15) is 126 Å². The summed E-state index contributed by atoms with van der Waals surface area (Å²) in [4.78, 5) is 169. The summed E-state index contributed by atoms with van der Waals surface area (Å²) < 4.78 is 167. The predicted octanol–water partition coefficient (Wildman–Crippen LogP) is 3.76. The van der Waals surface area contributed by atoms with Crippen LogP contribution < -0.4 is 169 Å². The van der Waals surface area contributed by atoms with Crippen LogP contribution in [0.3, 0.4) is 0 Å². The number of aryl methyl sites for hydroxylation is 4. The van der Waals surface area contributed by atoms with E-state index in [2.05, 4.69) is 54.6 Å². The maximum atomic E-state index is 12.7. The van der Waals surface area contributed by atoms with Gasteiger partial charge >= 0.3 is 169 Å². The number of carbonyl (C=O) groups excluding carboxylic acids is 4. The molecule has 0 saturated heterocycles. The van der Waals surface area contributed by atoms with Crippen molar-refractivity contribution < 1.29 is 340 Å². The first-order chi connectivity index (χ1) is 50.7. The largest absolute Gasteiger partial charge is 1.00 e. The third-order valence-corrected chi connectivity index (χ3v) is 12.7. The van der Waals surface area contributed by atoms with E-state index in [0.717, 1.165) is 18.6 Å². The summed E-state index contributed by atoms with van der Waals surface area (Å²) in [7, 11) is 0. The number of amides is 3. The van der Waals surface area contributed by atoms with Crippen molar-refractivity contribution in [2.24, 2.45) is 0 Å². The molecule has 0 spiro atoms. The SMILES string of the molecule is CC.CC.CCOC(=O)Nc1c(C)c[c-]c(-n2c(=O)cc(C(F)(F)F)[nH]c2=O)c1[N+](=O)[O-].CCOC(=O)Nc1c(C)c[c-]c(-n2c(=O)cc(C(F)(F)F)[nH]c2=O)c1[N+](=O)[O-].CCOC(=O)Nc1cc(-n2c(=O)cc(C(F)(F)F)[nH]c2=O)[c-]cc1C.Cc1c[c-]c(-n2c(=O)cc(C(F)(F)F)[nH]c2=O)cc1N.O=[C-]OO.[CH3-].[K+].[K+].[Y].[Y].[Y].[Y]. The number of alkyl halides is 12. The number of nitrogen functional groups attached to an aromatic ring is 1. The summed E-state index contributed by atoms with van der Waals surface area (Å²) in [5, 5.41) is 36.7. The van der Waals surface area contributed by atoms with Gasteiger partial charge in [0, 0.05) is 188 Å². The van der Waals surface area contributed by atoms with Gasteiger partial charge < -0.3 is 72.9 Å². The van der Waals surface area contributed by atoms with Crippen molar-refractivity contribution in [2.45, 2.75) is 101 Å². The molecule has 4 aromatic heterocycles. The van der Waals surface area contributed by atoms with Crippen LogP contribution in [0.15, 0.2) is 99.0 Å². The van der Waals surface area contributed by atoms with Crippen molar-refractivity contribution in [3.05, 3.63) is 241 Å². The molecule has 0 unspecified atom stereocenters. The zero-order chi connectivity index (χ0) is 83.7. The molecule has 0 fully saturated rings. The van der Waals surface area contributed by atoms with Crippen LogP contribution in [-0.4, -0.2) is 97.9 Å². The number of nitro groups is 2. The van der Waals surface area contributed by atoms with Crippen molar-refractivity contribution in [1.29, 1.82) is 0 Å². The van der Waals surface area contributed by atoms with E-state index in [1.54, 1.807) is 30.7 Å². The van der Waals surface area contributed by atoms with Gasteiger partial charge in [0.05, 0.1) is 19.8 Å². The maximum Gasteiger partial charge on any atom is 1.00 e. The van der Waals surface area contributed by atoms with E-state index in [4.69, 9.17) is 20.5 Å². The molecular formula is C63H62F12K2N14O21Y4-4. The first kappa shape index (κ1) is 121. The van der Waals surface area contributed by atoms with Crippen LogP contribution in [0, 0.1) is 79.6 Å². The Morgan fingerprint density at radius 2 is 0.724 bits per heavy atom. The smallest absolute Gasteiger partial charge is 0.509 e. The van der Waals surface area contributed by atoms with Crippen LogP contribution in [0.4, 0.5) is 101 Å². The number of rotatable bonds is 13. The monoisotopic (exact) mass is 2010 g/mol. The number of hydrogen-bond acceptors (Lipinski definition) is 22.